The minimum absolute atomic E-state index is 0.0239. The molecule has 1 N–H and O–H groups in total. The fourth-order valence-electron chi connectivity index (χ4n) is 2.38. The monoisotopic (exact) mass is 328 g/mol. The van der Waals surface area contributed by atoms with Crippen LogP contribution in [0.2, 0.25) is 0 Å². The number of hydrogen-bond acceptors (Lipinski definition) is 2. The Labute approximate surface area is 141 Å². The van der Waals surface area contributed by atoms with E-state index in [-0.39, 0.29) is 24.1 Å². The van der Waals surface area contributed by atoms with E-state index in [1.807, 2.05) is 13.8 Å². The first-order valence-corrected chi connectivity index (χ1v) is 7.97. The van der Waals surface area contributed by atoms with Crippen molar-refractivity contribution in [1.29, 1.82) is 0 Å². The first-order chi connectivity index (χ1) is 11.5. The molecule has 0 aliphatic rings. The van der Waals surface area contributed by atoms with Gasteiger partial charge in [-0.1, -0.05) is 12.1 Å². The van der Waals surface area contributed by atoms with Gasteiger partial charge < -0.3 is 10.2 Å². The molecule has 0 spiro atoms. The molecule has 5 heteroatoms. The minimum Gasteiger partial charge on any atom is -0.339 e. The Morgan fingerprint density at radius 2 is 1.54 bits per heavy atom. The molecular weight excluding hydrogens is 307 g/mol. The highest BCUT2D eigenvalue weighted by Gasteiger charge is 2.12. The maximum Gasteiger partial charge on any atom is 0.253 e. The molecule has 0 heterocycles. The van der Waals surface area contributed by atoms with Crippen molar-refractivity contribution in [3.05, 3.63) is 65.5 Å². The second-order valence-corrected chi connectivity index (χ2v) is 5.41. The number of carbonyl (C=O) groups is 2. The highest BCUT2D eigenvalue weighted by molar-refractivity contribution is 5.96. The van der Waals surface area contributed by atoms with Gasteiger partial charge in [0, 0.05) is 24.3 Å². The van der Waals surface area contributed by atoms with E-state index in [1.54, 1.807) is 41.3 Å². The Hall–Kier alpha value is -2.69. The summed E-state index contributed by atoms with van der Waals surface area (Å²) in [5.74, 6) is -0.541. The molecule has 2 rings (SSSR count). The number of rotatable bonds is 6. The Kier molecular flexibility index (Phi) is 6.07. The molecule has 0 aromatic heterocycles. The van der Waals surface area contributed by atoms with Gasteiger partial charge in [0.05, 0.1) is 6.42 Å². The van der Waals surface area contributed by atoms with Crippen LogP contribution in [0.15, 0.2) is 48.5 Å². The first-order valence-electron chi connectivity index (χ1n) is 7.97. The number of carbonyl (C=O) groups excluding carboxylic acids is 2. The quantitative estimate of drug-likeness (QED) is 0.882. The van der Waals surface area contributed by atoms with E-state index < -0.39 is 0 Å². The number of amides is 2. The van der Waals surface area contributed by atoms with Gasteiger partial charge in [0.15, 0.2) is 0 Å². The van der Waals surface area contributed by atoms with Gasteiger partial charge in [-0.05, 0) is 55.8 Å². The van der Waals surface area contributed by atoms with Crippen LogP contribution in [0.25, 0.3) is 0 Å². The van der Waals surface area contributed by atoms with Gasteiger partial charge in [0.1, 0.15) is 5.82 Å². The molecule has 4 nitrogen and oxygen atoms in total. The van der Waals surface area contributed by atoms with Gasteiger partial charge in [0.25, 0.3) is 5.91 Å². The first kappa shape index (κ1) is 17.7. The second-order valence-electron chi connectivity index (χ2n) is 5.41. The molecule has 0 radical (unpaired) electrons. The lowest BCUT2D eigenvalue weighted by Crippen LogP contribution is -2.30. The third-order valence-corrected chi connectivity index (χ3v) is 3.74. The summed E-state index contributed by atoms with van der Waals surface area (Å²) < 4.78 is 12.9. The van der Waals surface area contributed by atoms with Gasteiger partial charge in [-0.3, -0.25) is 9.59 Å². The third-order valence-electron chi connectivity index (χ3n) is 3.74. The lowest BCUT2D eigenvalue weighted by molar-refractivity contribution is -0.115. The number of halogens is 1. The Bertz CT molecular complexity index is 692. The summed E-state index contributed by atoms with van der Waals surface area (Å²) in [4.78, 5) is 26.0. The summed E-state index contributed by atoms with van der Waals surface area (Å²) >= 11 is 0. The molecule has 2 amide bonds. The van der Waals surface area contributed by atoms with Gasteiger partial charge in [-0.15, -0.1) is 0 Å². The zero-order chi connectivity index (χ0) is 17.5. The van der Waals surface area contributed by atoms with Crippen LogP contribution in [0.3, 0.4) is 0 Å². The topological polar surface area (TPSA) is 49.4 Å². The van der Waals surface area contributed by atoms with E-state index in [0.717, 1.165) is 5.56 Å². The number of hydrogen-bond donors (Lipinski definition) is 1. The number of nitrogens with zero attached hydrogens (tertiary/aromatic N) is 1. The van der Waals surface area contributed by atoms with Crippen LogP contribution in [0.5, 0.6) is 0 Å². The van der Waals surface area contributed by atoms with Crippen LogP contribution in [0.4, 0.5) is 10.1 Å². The van der Waals surface area contributed by atoms with Crippen LogP contribution in [0.1, 0.15) is 29.8 Å². The molecule has 126 valence electrons. The lowest BCUT2D eigenvalue weighted by atomic mass is 10.1. The van der Waals surface area contributed by atoms with E-state index in [0.29, 0.717) is 24.3 Å². The maximum absolute atomic E-state index is 12.9. The Morgan fingerprint density at radius 3 is 2.08 bits per heavy atom. The molecule has 2 aromatic rings. The normalized spacial score (nSPS) is 10.3. The van der Waals surface area contributed by atoms with E-state index >= 15 is 0 Å². The van der Waals surface area contributed by atoms with Crippen molar-refractivity contribution in [1.82, 2.24) is 4.90 Å². The van der Waals surface area contributed by atoms with Crippen molar-refractivity contribution >= 4 is 17.5 Å². The smallest absolute Gasteiger partial charge is 0.253 e. The molecular formula is C19H21FN2O2. The van der Waals surface area contributed by atoms with Gasteiger partial charge in [-0.2, -0.15) is 0 Å². The summed E-state index contributed by atoms with van der Waals surface area (Å²) in [6.45, 7) is 5.19. The number of nitrogens with one attached hydrogen (secondary N) is 1. The van der Waals surface area contributed by atoms with Gasteiger partial charge in [-0.25, -0.2) is 4.39 Å². The van der Waals surface area contributed by atoms with E-state index in [4.69, 9.17) is 0 Å². The largest absolute Gasteiger partial charge is 0.339 e. The average Bonchev–Trinajstić information content (AvgIpc) is 2.58. The van der Waals surface area contributed by atoms with Crippen molar-refractivity contribution in [3.8, 4) is 0 Å². The third kappa shape index (κ3) is 4.65. The molecule has 2 aromatic carbocycles. The van der Waals surface area contributed by atoms with Crippen LogP contribution in [-0.4, -0.2) is 29.8 Å². The van der Waals surface area contributed by atoms with Crippen molar-refractivity contribution in [2.45, 2.75) is 20.3 Å². The predicted molar refractivity (Wildman–Crippen MR) is 92.4 cm³/mol. The zero-order valence-corrected chi connectivity index (χ0v) is 13.9. The zero-order valence-electron chi connectivity index (χ0n) is 13.9. The Balaban J connectivity index is 1.97. The van der Waals surface area contributed by atoms with Crippen molar-refractivity contribution in [2.75, 3.05) is 18.4 Å². The number of anilines is 1. The van der Waals surface area contributed by atoms with Crippen LogP contribution in [-0.2, 0) is 11.2 Å². The summed E-state index contributed by atoms with van der Waals surface area (Å²) in [6.07, 6.45) is 0.167. The van der Waals surface area contributed by atoms with Crippen LogP contribution in [0, 0.1) is 5.82 Å². The fourth-order valence-corrected chi connectivity index (χ4v) is 2.38. The second kappa shape index (κ2) is 8.24. The molecule has 0 aliphatic heterocycles. The molecule has 24 heavy (non-hydrogen) atoms. The predicted octanol–water partition coefficient (Wildman–Crippen LogP) is 3.49. The van der Waals surface area contributed by atoms with Gasteiger partial charge in [0.2, 0.25) is 5.91 Å². The fraction of sp³-hybridized carbons (Fsp3) is 0.263. The molecule has 0 fully saturated rings. The van der Waals surface area contributed by atoms with E-state index in [9.17, 15) is 14.0 Å². The minimum atomic E-state index is -0.326. The van der Waals surface area contributed by atoms with Crippen molar-refractivity contribution in [2.24, 2.45) is 0 Å². The average molecular weight is 328 g/mol. The molecule has 0 saturated carbocycles. The molecule has 0 atom stereocenters. The highest BCUT2D eigenvalue weighted by atomic mass is 19.1. The molecule has 0 aliphatic carbocycles. The highest BCUT2D eigenvalue weighted by Crippen LogP contribution is 2.13. The molecule has 0 saturated heterocycles. The summed E-state index contributed by atoms with van der Waals surface area (Å²) in [6, 6.07) is 12.6. The SMILES string of the molecule is CCN(CC)C(=O)c1ccc(NC(=O)Cc2ccc(F)cc2)cc1. The van der Waals surface area contributed by atoms with Gasteiger partial charge >= 0.3 is 0 Å². The van der Waals surface area contributed by atoms with Crippen LogP contribution >= 0.6 is 0 Å². The Morgan fingerprint density at radius 1 is 0.958 bits per heavy atom. The maximum atomic E-state index is 12.9. The molecule has 0 bridgehead atoms. The van der Waals surface area contributed by atoms with E-state index in [2.05, 4.69) is 5.32 Å². The molecule has 0 unspecified atom stereocenters. The van der Waals surface area contributed by atoms with Crippen molar-refractivity contribution in [3.63, 3.8) is 0 Å². The summed E-state index contributed by atoms with van der Waals surface area (Å²) in [5.41, 5.74) is 1.95. The number of benzene rings is 2. The summed E-state index contributed by atoms with van der Waals surface area (Å²) in [5, 5.41) is 2.77. The van der Waals surface area contributed by atoms with Crippen molar-refractivity contribution < 1.29 is 14.0 Å². The van der Waals surface area contributed by atoms with Crippen LogP contribution < -0.4 is 5.32 Å². The standard InChI is InChI=1S/C19H21FN2O2/c1-3-22(4-2)19(24)15-7-11-17(12-8-15)21-18(23)13-14-5-9-16(20)10-6-14/h5-12H,3-4,13H2,1-2H3,(H,21,23). The summed E-state index contributed by atoms with van der Waals surface area (Å²) in [7, 11) is 0. The van der Waals surface area contributed by atoms with E-state index in [1.165, 1.54) is 12.1 Å². The lowest BCUT2D eigenvalue weighted by Gasteiger charge is -2.18.